The topological polar surface area (TPSA) is 69.2 Å². The number of aliphatic imine (C=N–C) groups is 1. The molecule has 0 bridgehead atoms. The zero-order valence-electron chi connectivity index (χ0n) is 17.6. The van der Waals surface area contributed by atoms with Crippen LogP contribution in [0.3, 0.4) is 0 Å². The molecule has 2 saturated heterocycles. The quantitative estimate of drug-likeness (QED) is 0.357. The molecular formula is C19H38IN5O2. The minimum Gasteiger partial charge on any atom is -0.444 e. The van der Waals surface area contributed by atoms with E-state index in [1.807, 2.05) is 27.8 Å². The predicted octanol–water partition coefficient (Wildman–Crippen LogP) is 2.51. The molecule has 0 radical (unpaired) electrons. The Hall–Kier alpha value is -0.770. The molecule has 2 aliphatic rings. The molecule has 158 valence electrons. The number of nitrogens with zero attached hydrogens (tertiary/aromatic N) is 3. The fourth-order valence-corrected chi connectivity index (χ4v) is 3.49. The number of piperidine rings is 1. The first kappa shape index (κ1) is 24.3. The van der Waals surface area contributed by atoms with E-state index in [0.29, 0.717) is 0 Å². The Morgan fingerprint density at radius 2 is 1.85 bits per heavy atom. The summed E-state index contributed by atoms with van der Waals surface area (Å²) in [6.45, 7) is 14.0. The van der Waals surface area contributed by atoms with Crippen molar-refractivity contribution < 1.29 is 9.53 Å². The Balaban J connectivity index is 0.00000364. The molecule has 2 N–H and O–H groups in total. The number of guanidine groups is 1. The van der Waals surface area contributed by atoms with E-state index < -0.39 is 5.60 Å². The van der Waals surface area contributed by atoms with E-state index in [0.717, 1.165) is 44.5 Å². The van der Waals surface area contributed by atoms with Crippen LogP contribution in [-0.4, -0.2) is 79.8 Å². The van der Waals surface area contributed by atoms with Crippen LogP contribution in [0.25, 0.3) is 0 Å². The van der Waals surface area contributed by atoms with Gasteiger partial charge in [-0.2, -0.15) is 0 Å². The smallest absolute Gasteiger partial charge is 0.407 e. The van der Waals surface area contributed by atoms with E-state index >= 15 is 0 Å². The molecular weight excluding hydrogens is 457 g/mol. The van der Waals surface area contributed by atoms with Crippen LogP contribution in [-0.2, 0) is 4.74 Å². The van der Waals surface area contributed by atoms with Gasteiger partial charge in [0.1, 0.15) is 5.60 Å². The van der Waals surface area contributed by atoms with Gasteiger partial charge < -0.3 is 25.2 Å². The zero-order chi connectivity index (χ0) is 19.2. The maximum absolute atomic E-state index is 11.9. The lowest BCUT2D eigenvalue weighted by molar-refractivity contribution is 0.0507. The van der Waals surface area contributed by atoms with Gasteiger partial charge in [0.15, 0.2) is 5.96 Å². The second-order valence-electron chi connectivity index (χ2n) is 8.58. The standard InChI is InChI=1S/C19H37N5O2.HI/c1-15-6-10-23(11-7-15)13-9-21-17(20-5)24-12-8-16(14-24)22-18(25)26-19(2,3)4;/h15-16H,6-14H2,1-5H3,(H,20,21)(H,22,25);1H. The first-order chi connectivity index (χ1) is 12.3. The highest BCUT2D eigenvalue weighted by Gasteiger charge is 2.27. The second-order valence-corrected chi connectivity index (χ2v) is 8.58. The lowest BCUT2D eigenvalue weighted by atomic mass is 9.99. The Morgan fingerprint density at radius 1 is 1.19 bits per heavy atom. The number of hydrogen-bond donors (Lipinski definition) is 2. The van der Waals surface area contributed by atoms with E-state index in [1.54, 1.807) is 0 Å². The molecule has 0 aromatic rings. The van der Waals surface area contributed by atoms with Crippen molar-refractivity contribution in [1.29, 1.82) is 0 Å². The average Bonchev–Trinajstić information content (AvgIpc) is 2.99. The Labute approximate surface area is 181 Å². The summed E-state index contributed by atoms with van der Waals surface area (Å²) in [5, 5.41) is 6.43. The molecule has 0 spiro atoms. The van der Waals surface area contributed by atoms with Crippen molar-refractivity contribution in [1.82, 2.24) is 20.4 Å². The van der Waals surface area contributed by atoms with Gasteiger partial charge in [0.25, 0.3) is 0 Å². The molecule has 2 fully saturated rings. The second kappa shape index (κ2) is 11.3. The number of alkyl carbamates (subject to hydrolysis) is 1. The SMILES string of the molecule is CN=C(NCCN1CCC(C)CC1)N1CCC(NC(=O)OC(C)(C)C)C1.I. The van der Waals surface area contributed by atoms with Crippen molar-refractivity contribution in [2.75, 3.05) is 46.3 Å². The van der Waals surface area contributed by atoms with Crippen LogP contribution in [0, 0.1) is 5.92 Å². The van der Waals surface area contributed by atoms with Crippen molar-refractivity contribution in [2.24, 2.45) is 10.9 Å². The van der Waals surface area contributed by atoms with E-state index in [1.165, 1.54) is 25.9 Å². The van der Waals surface area contributed by atoms with Gasteiger partial charge in [-0.3, -0.25) is 4.99 Å². The molecule has 0 saturated carbocycles. The molecule has 0 aromatic carbocycles. The third-order valence-corrected chi connectivity index (χ3v) is 5.01. The summed E-state index contributed by atoms with van der Waals surface area (Å²) in [5.41, 5.74) is -0.466. The number of halogens is 1. The fourth-order valence-electron chi connectivity index (χ4n) is 3.49. The lowest BCUT2D eigenvalue weighted by Gasteiger charge is -2.30. The zero-order valence-corrected chi connectivity index (χ0v) is 19.9. The molecule has 7 nitrogen and oxygen atoms in total. The van der Waals surface area contributed by atoms with Crippen LogP contribution in [0.15, 0.2) is 4.99 Å². The third-order valence-electron chi connectivity index (χ3n) is 5.01. The molecule has 0 aliphatic carbocycles. The number of carbonyl (C=O) groups excluding carboxylic acids is 1. The van der Waals surface area contributed by atoms with Crippen LogP contribution < -0.4 is 10.6 Å². The summed E-state index contributed by atoms with van der Waals surface area (Å²) >= 11 is 0. The molecule has 2 heterocycles. The van der Waals surface area contributed by atoms with Gasteiger partial charge in [-0.15, -0.1) is 24.0 Å². The number of likely N-dealkylation sites (tertiary alicyclic amines) is 2. The van der Waals surface area contributed by atoms with Crippen molar-refractivity contribution in [3.63, 3.8) is 0 Å². The van der Waals surface area contributed by atoms with E-state index in [4.69, 9.17) is 4.74 Å². The van der Waals surface area contributed by atoms with Crippen molar-refractivity contribution in [3.8, 4) is 0 Å². The number of rotatable bonds is 4. The van der Waals surface area contributed by atoms with Crippen molar-refractivity contribution >= 4 is 36.0 Å². The maximum atomic E-state index is 11.9. The number of nitrogens with one attached hydrogen (secondary N) is 2. The van der Waals surface area contributed by atoms with Crippen LogP contribution in [0.4, 0.5) is 4.79 Å². The summed E-state index contributed by atoms with van der Waals surface area (Å²) in [4.78, 5) is 21.1. The normalized spacial score (nSPS) is 22.3. The highest BCUT2D eigenvalue weighted by atomic mass is 127. The molecule has 2 rings (SSSR count). The molecule has 1 atom stereocenters. The average molecular weight is 495 g/mol. The van der Waals surface area contributed by atoms with Gasteiger partial charge in [0.2, 0.25) is 0 Å². The van der Waals surface area contributed by atoms with Gasteiger partial charge in [-0.05, 0) is 59.0 Å². The maximum Gasteiger partial charge on any atom is 0.407 e. The van der Waals surface area contributed by atoms with Crippen LogP contribution in [0.1, 0.15) is 47.0 Å². The minimum atomic E-state index is -0.466. The number of ether oxygens (including phenoxy) is 1. The van der Waals surface area contributed by atoms with Gasteiger partial charge in [-0.1, -0.05) is 6.92 Å². The van der Waals surface area contributed by atoms with Crippen molar-refractivity contribution in [3.05, 3.63) is 0 Å². The van der Waals surface area contributed by atoms with Crippen molar-refractivity contribution in [2.45, 2.75) is 58.6 Å². The highest BCUT2D eigenvalue weighted by molar-refractivity contribution is 14.0. The molecule has 8 heteroatoms. The summed E-state index contributed by atoms with van der Waals surface area (Å²) in [6, 6.07) is 0.104. The molecule has 1 amide bonds. The molecule has 2 aliphatic heterocycles. The van der Waals surface area contributed by atoms with E-state index in [9.17, 15) is 4.79 Å². The predicted molar refractivity (Wildman–Crippen MR) is 121 cm³/mol. The summed E-state index contributed by atoms with van der Waals surface area (Å²) in [7, 11) is 1.82. The number of hydrogen-bond acceptors (Lipinski definition) is 4. The monoisotopic (exact) mass is 495 g/mol. The van der Waals surface area contributed by atoms with Crippen LogP contribution in [0.5, 0.6) is 0 Å². The van der Waals surface area contributed by atoms with Crippen LogP contribution >= 0.6 is 24.0 Å². The fraction of sp³-hybridized carbons (Fsp3) is 0.895. The Bertz CT molecular complexity index is 487. The summed E-state index contributed by atoms with van der Waals surface area (Å²) in [6.07, 6.45) is 3.17. The number of amides is 1. The van der Waals surface area contributed by atoms with Crippen LogP contribution in [0.2, 0.25) is 0 Å². The van der Waals surface area contributed by atoms with Gasteiger partial charge in [0.05, 0.1) is 6.04 Å². The third kappa shape index (κ3) is 8.85. The first-order valence-corrected chi connectivity index (χ1v) is 9.94. The highest BCUT2D eigenvalue weighted by Crippen LogP contribution is 2.15. The Morgan fingerprint density at radius 3 is 2.44 bits per heavy atom. The van der Waals surface area contributed by atoms with Gasteiger partial charge in [0, 0.05) is 33.2 Å². The van der Waals surface area contributed by atoms with E-state index in [2.05, 4.69) is 32.3 Å². The van der Waals surface area contributed by atoms with Gasteiger partial charge >= 0.3 is 6.09 Å². The number of carbonyl (C=O) groups is 1. The molecule has 27 heavy (non-hydrogen) atoms. The summed E-state index contributed by atoms with van der Waals surface area (Å²) in [5.74, 6) is 1.79. The Kier molecular flexibility index (Phi) is 10.1. The summed E-state index contributed by atoms with van der Waals surface area (Å²) < 4.78 is 5.34. The molecule has 0 aromatic heterocycles. The minimum absolute atomic E-state index is 0. The first-order valence-electron chi connectivity index (χ1n) is 9.94. The van der Waals surface area contributed by atoms with E-state index in [-0.39, 0.29) is 36.1 Å². The van der Waals surface area contributed by atoms with Gasteiger partial charge in [-0.25, -0.2) is 4.79 Å². The lowest BCUT2D eigenvalue weighted by Crippen LogP contribution is -2.46. The largest absolute Gasteiger partial charge is 0.444 e. The molecule has 1 unspecified atom stereocenters.